The highest BCUT2D eigenvalue weighted by Crippen LogP contribution is 2.40. The highest BCUT2D eigenvalue weighted by molar-refractivity contribution is 7.22. The van der Waals surface area contributed by atoms with Gasteiger partial charge in [-0.3, -0.25) is 9.69 Å². The quantitative estimate of drug-likeness (QED) is 0.675. The normalized spacial score (nSPS) is 12.7. The number of likely N-dealkylation sites (N-methyl/N-ethyl adjacent to an activating group) is 1. The molecule has 1 aromatic heterocycles. The van der Waals surface area contributed by atoms with E-state index in [1.54, 1.807) is 4.90 Å². The zero-order valence-electron chi connectivity index (χ0n) is 15.6. The number of amides is 1. The molecule has 0 fully saturated rings. The van der Waals surface area contributed by atoms with Gasteiger partial charge in [0.05, 0.1) is 10.2 Å². The van der Waals surface area contributed by atoms with E-state index in [0.29, 0.717) is 23.0 Å². The minimum absolute atomic E-state index is 0.0333. The van der Waals surface area contributed by atoms with Crippen LogP contribution in [0.4, 0.5) is 5.13 Å². The van der Waals surface area contributed by atoms with Gasteiger partial charge in [0, 0.05) is 30.8 Å². The first-order chi connectivity index (χ1) is 13.0. The topological polar surface area (TPSA) is 54.9 Å². The molecule has 4 rings (SSSR count). The van der Waals surface area contributed by atoms with Crippen LogP contribution in [0.25, 0.3) is 10.2 Å². The van der Waals surface area contributed by atoms with Gasteiger partial charge in [-0.25, -0.2) is 4.98 Å². The Kier molecular flexibility index (Phi) is 4.72. The van der Waals surface area contributed by atoms with Gasteiger partial charge in [0.1, 0.15) is 0 Å². The van der Waals surface area contributed by atoms with Crippen molar-refractivity contribution in [2.24, 2.45) is 0 Å². The number of rotatable bonds is 5. The zero-order valence-corrected chi connectivity index (χ0v) is 16.4. The van der Waals surface area contributed by atoms with Gasteiger partial charge in [-0.15, -0.1) is 0 Å². The number of carbonyl (C=O) groups is 1. The Bertz CT molecular complexity index is 958. The lowest BCUT2D eigenvalue weighted by atomic mass is 10.1. The Morgan fingerprint density at radius 3 is 2.63 bits per heavy atom. The fraction of sp³-hybridized carbons (Fsp3) is 0.300. The fourth-order valence-corrected chi connectivity index (χ4v) is 3.96. The van der Waals surface area contributed by atoms with Gasteiger partial charge in [0.2, 0.25) is 6.79 Å². The highest BCUT2D eigenvalue weighted by atomic mass is 32.1. The van der Waals surface area contributed by atoms with E-state index in [4.69, 9.17) is 14.5 Å². The number of ether oxygens (including phenoxy) is 2. The first kappa shape index (κ1) is 17.8. The molecule has 27 heavy (non-hydrogen) atoms. The minimum atomic E-state index is -0.0333. The molecule has 0 saturated heterocycles. The molecule has 0 unspecified atom stereocenters. The molecule has 0 spiro atoms. The molecule has 1 aliphatic heterocycles. The molecular weight excluding hydrogens is 362 g/mol. The summed E-state index contributed by atoms with van der Waals surface area (Å²) in [4.78, 5) is 21.8. The molecule has 140 valence electrons. The van der Waals surface area contributed by atoms with Crippen molar-refractivity contribution in [3.8, 4) is 11.5 Å². The summed E-state index contributed by atoms with van der Waals surface area (Å²) in [6, 6.07) is 11.5. The number of aromatic nitrogens is 1. The molecule has 7 heteroatoms. The van der Waals surface area contributed by atoms with Gasteiger partial charge < -0.3 is 14.4 Å². The van der Waals surface area contributed by atoms with Crippen molar-refractivity contribution in [2.45, 2.75) is 6.92 Å². The second kappa shape index (κ2) is 7.17. The van der Waals surface area contributed by atoms with Gasteiger partial charge >= 0.3 is 0 Å². The van der Waals surface area contributed by atoms with Crippen LogP contribution in [0, 0.1) is 6.92 Å². The largest absolute Gasteiger partial charge is 0.454 e. The smallest absolute Gasteiger partial charge is 0.260 e. The molecule has 0 N–H and O–H groups in total. The summed E-state index contributed by atoms with van der Waals surface area (Å²) in [5, 5.41) is 0.684. The van der Waals surface area contributed by atoms with E-state index < -0.39 is 0 Å². The second-order valence-corrected chi connectivity index (χ2v) is 7.75. The molecule has 1 aliphatic rings. The predicted octanol–water partition coefficient (Wildman–Crippen LogP) is 3.54. The summed E-state index contributed by atoms with van der Waals surface area (Å²) in [6.07, 6.45) is 0. The summed E-state index contributed by atoms with van der Waals surface area (Å²) in [5.74, 6) is 1.39. The van der Waals surface area contributed by atoms with E-state index in [9.17, 15) is 4.79 Å². The van der Waals surface area contributed by atoms with Crippen LogP contribution < -0.4 is 14.4 Å². The van der Waals surface area contributed by atoms with Crippen molar-refractivity contribution in [2.75, 3.05) is 38.9 Å². The molecule has 0 saturated carbocycles. The maximum absolute atomic E-state index is 13.3. The molecule has 2 heterocycles. The summed E-state index contributed by atoms with van der Waals surface area (Å²) < 4.78 is 11.9. The molecule has 0 radical (unpaired) electrons. The van der Waals surface area contributed by atoms with Crippen LogP contribution in [0.3, 0.4) is 0 Å². The standard InChI is InChI=1S/C20H21N3O3S/c1-13-6-4-5-7-14(13)19(24)23(9-8-22(2)3)20-21-15-10-16-17(26-12-25-16)11-18(15)27-20/h4-7,10-11H,8-9,12H2,1-3H3. The maximum Gasteiger partial charge on any atom is 0.260 e. The summed E-state index contributed by atoms with van der Waals surface area (Å²) in [5.41, 5.74) is 2.47. The minimum Gasteiger partial charge on any atom is -0.454 e. The zero-order chi connectivity index (χ0) is 19.0. The number of nitrogens with zero attached hydrogens (tertiary/aromatic N) is 3. The van der Waals surface area contributed by atoms with E-state index in [2.05, 4.69) is 4.90 Å². The Balaban J connectivity index is 1.73. The Labute approximate surface area is 161 Å². The first-order valence-electron chi connectivity index (χ1n) is 8.75. The summed E-state index contributed by atoms with van der Waals surface area (Å²) >= 11 is 1.49. The SMILES string of the molecule is Cc1ccccc1C(=O)N(CCN(C)C)c1nc2cc3c(cc2s1)OCO3. The molecule has 0 aliphatic carbocycles. The van der Waals surface area contributed by atoms with E-state index in [1.807, 2.05) is 57.4 Å². The van der Waals surface area contributed by atoms with Gasteiger partial charge in [-0.2, -0.15) is 0 Å². The third-order valence-electron chi connectivity index (χ3n) is 4.49. The molecule has 0 atom stereocenters. The number of hydrogen-bond donors (Lipinski definition) is 0. The molecule has 3 aromatic rings. The fourth-order valence-electron chi connectivity index (χ4n) is 2.96. The Hall–Kier alpha value is -2.64. The van der Waals surface area contributed by atoms with Crippen LogP contribution >= 0.6 is 11.3 Å². The number of carbonyl (C=O) groups excluding carboxylic acids is 1. The first-order valence-corrected chi connectivity index (χ1v) is 9.57. The molecule has 1 amide bonds. The number of fused-ring (bicyclic) bond motifs is 2. The van der Waals surface area contributed by atoms with Crippen molar-refractivity contribution >= 4 is 32.6 Å². The number of thiazole rings is 1. The summed E-state index contributed by atoms with van der Waals surface area (Å²) in [6.45, 7) is 3.50. The van der Waals surface area contributed by atoms with Gasteiger partial charge in [0.25, 0.3) is 5.91 Å². The predicted molar refractivity (Wildman–Crippen MR) is 107 cm³/mol. The Morgan fingerprint density at radius 1 is 1.15 bits per heavy atom. The van der Waals surface area contributed by atoms with Crippen molar-refractivity contribution in [3.05, 3.63) is 47.5 Å². The lowest BCUT2D eigenvalue weighted by molar-refractivity contribution is 0.0984. The van der Waals surface area contributed by atoms with Crippen molar-refractivity contribution in [1.82, 2.24) is 9.88 Å². The van der Waals surface area contributed by atoms with Gasteiger partial charge in [0.15, 0.2) is 16.6 Å². The van der Waals surface area contributed by atoms with Gasteiger partial charge in [-0.1, -0.05) is 29.5 Å². The molecule has 2 aromatic carbocycles. The summed E-state index contributed by atoms with van der Waals surface area (Å²) in [7, 11) is 3.99. The monoisotopic (exact) mass is 383 g/mol. The van der Waals surface area contributed by atoms with Crippen LogP contribution in [-0.4, -0.2) is 49.8 Å². The number of hydrogen-bond acceptors (Lipinski definition) is 6. The maximum atomic E-state index is 13.3. The molecular formula is C20H21N3O3S. The third kappa shape index (κ3) is 3.48. The van der Waals surface area contributed by atoms with Crippen molar-refractivity contribution in [1.29, 1.82) is 0 Å². The van der Waals surface area contributed by atoms with E-state index in [1.165, 1.54) is 11.3 Å². The van der Waals surface area contributed by atoms with Crippen molar-refractivity contribution < 1.29 is 14.3 Å². The van der Waals surface area contributed by atoms with Crippen LogP contribution in [0.2, 0.25) is 0 Å². The van der Waals surface area contributed by atoms with Gasteiger partial charge in [-0.05, 0) is 32.6 Å². The van der Waals surface area contributed by atoms with E-state index in [-0.39, 0.29) is 12.7 Å². The average molecular weight is 383 g/mol. The number of anilines is 1. The second-order valence-electron chi connectivity index (χ2n) is 6.74. The number of aryl methyl sites for hydroxylation is 1. The van der Waals surface area contributed by atoms with Crippen LogP contribution in [0.1, 0.15) is 15.9 Å². The van der Waals surface area contributed by atoms with Crippen LogP contribution in [0.5, 0.6) is 11.5 Å². The van der Waals surface area contributed by atoms with E-state index in [0.717, 1.165) is 28.1 Å². The lowest BCUT2D eigenvalue weighted by Crippen LogP contribution is -2.37. The number of benzene rings is 2. The Morgan fingerprint density at radius 2 is 1.89 bits per heavy atom. The van der Waals surface area contributed by atoms with Crippen molar-refractivity contribution in [3.63, 3.8) is 0 Å². The van der Waals surface area contributed by atoms with E-state index >= 15 is 0 Å². The average Bonchev–Trinajstić information content (AvgIpc) is 3.25. The third-order valence-corrected chi connectivity index (χ3v) is 5.54. The molecule has 6 nitrogen and oxygen atoms in total. The lowest BCUT2D eigenvalue weighted by Gasteiger charge is -2.22. The highest BCUT2D eigenvalue weighted by Gasteiger charge is 2.24. The molecule has 0 bridgehead atoms. The van der Waals surface area contributed by atoms with Crippen LogP contribution in [-0.2, 0) is 0 Å². The van der Waals surface area contributed by atoms with Crippen LogP contribution in [0.15, 0.2) is 36.4 Å².